The summed E-state index contributed by atoms with van der Waals surface area (Å²) in [6.07, 6.45) is 3.46. The zero-order chi connectivity index (χ0) is 28.6. The monoisotopic (exact) mass is 539 g/mol. The van der Waals surface area contributed by atoms with Crippen LogP contribution >= 0.6 is 0 Å². The number of carbonyl (C=O) groups is 3. The molecule has 210 valence electrons. The molecule has 0 fully saturated rings. The summed E-state index contributed by atoms with van der Waals surface area (Å²) in [4.78, 5) is 42.7. The van der Waals surface area contributed by atoms with Crippen LogP contribution in [0.25, 0.3) is 11.1 Å². The number of hydrogen-bond acceptors (Lipinski definition) is 3. The molecule has 0 saturated carbocycles. The van der Waals surface area contributed by atoms with Crippen LogP contribution in [0, 0.1) is 17.8 Å². The molecule has 4 rings (SSSR count). The second-order valence-electron chi connectivity index (χ2n) is 11.2. The Labute approximate surface area is 238 Å². The van der Waals surface area contributed by atoms with Gasteiger partial charge in [-0.15, -0.1) is 0 Å². The van der Waals surface area contributed by atoms with Crippen molar-refractivity contribution in [3.63, 3.8) is 0 Å². The van der Waals surface area contributed by atoms with Crippen LogP contribution in [0.5, 0.6) is 0 Å². The minimum atomic E-state index is -0.888. The lowest BCUT2D eigenvalue weighted by molar-refractivity contribution is -0.136. The van der Waals surface area contributed by atoms with E-state index >= 15 is 0 Å². The number of hydrogen-bond donors (Lipinski definition) is 2. The third-order valence-corrected chi connectivity index (χ3v) is 7.81. The van der Waals surface area contributed by atoms with E-state index in [2.05, 4.69) is 24.4 Å². The summed E-state index contributed by atoms with van der Waals surface area (Å²) in [7, 11) is 0. The summed E-state index contributed by atoms with van der Waals surface area (Å²) < 4.78 is 0. The number of rotatable bonds is 12. The number of nitrogens with zero attached hydrogens (tertiary/aromatic N) is 1. The van der Waals surface area contributed by atoms with E-state index in [-0.39, 0.29) is 17.7 Å². The summed E-state index contributed by atoms with van der Waals surface area (Å²) in [6, 6.07) is 24.8. The van der Waals surface area contributed by atoms with E-state index in [1.54, 1.807) is 4.90 Å². The van der Waals surface area contributed by atoms with Gasteiger partial charge in [0.2, 0.25) is 11.8 Å². The number of nitrogens with one attached hydrogen (secondary N) is 1. The molecule has 3 unspecified atom stereocenters. The Morgan fingerprint density at radius 2 is 1.55 bits per heavy atom. The van der Waals surface area contributed by atoms with Gasteiger partial charge in [-0.3, -0.25) is 14.4 Å². The number of primary amides is 1. The molecule has 1 aliphatic rings. The fourth-order valence-electron chi connectivity index (χ4n) is 5.77. The fourth-order valence-corrected chi connectivity index (χ4v) is 5.77. The standard InChI is InChI=1S/C34H41N3O3/c1-4-5-15-28(32(35)38)29(22-23(2)3)33(39)36-31-27-18-10-9-16-25(27)26-17-11-12-19-30(26)37(34(31)40)21-20-24-13-7-6-8-14-24/h6-14,16-19,23,28-29,31H,4-5,15,20-22H2,1-3H3,(H2,35,38)(H,36,39). The largest absolute Gasteiger partial charge is 0.369 e. The predicted octanol–water partition coefficient (Wildman–Crippen LogP) is 6.05. The molecule has 1 aliphatic heterocycles. The van der Waals surface area contributed by atoms with Gasteiger partial charge in [0.15, 0.2) is 0 Å². The van der Waals surface area contributed by atoms with Crippen LogP contribution < -0.4 is 16.0 Å². The van der Waals surface area contributed by atoms with Crippen LogP contribution in [0.1, 0.15) is 63.6 Å². The van der Waals surface area contributed by atoms with E-state index in [4.69, 9.17) is 5.73 Å². The minimum Gasteiger partial charge on any atom is -0.369 e. The molecule has 6 heteroatoms. The lowest BCUT2D eigenvalue weighted by atomic mass is 9.81. The molecule has 1 heterocycles. The molecule has 0 bridgehead atoms. The maximum atomic E-state index is 14.4. The summed E-state index contributed by atoms with van der Waals surface area (Å²) >= 11 is 0. The Morgan fingerprint density at radius 1 is 0.900 bits per heavy atom. The van der Waals surface area contributed by atoms with Crippen LogP contribution in [0.4, 0.5) is 5.69 Å². The molecule has 3 amide bonds. The second-order valence-corrected chi connectivity index (χ2v) is 11.2. The number of amides is 3. The average molecular weight is 540 g/mol. The van der Waals surface area contributed by atoms with Gasteiger partial charge in [0.25, 0.3) is 5.91 Å². The van der Waals surface area contributed by atoms with E-state index in [1.807, 2.05) is 80.6 Å². The third kappa shape index (κ3) is 6.61. The van der Waals surface area contributed by atoms with Gasteiger partial charge in [-0.25, -0.2) is 0 Å². The first kappa shape index (κ1) is 29.1. The Hall–Kier alpha value is -3.93. The number of para-hydroxylation sites is 1. The number of benzene rings is 3. The van der Waals surface area contributed by atoms with Gasteiger partial charge in [0.1, 0.15) is 6.04 Å². The Kier molecular flexibility index (Phi) is 9.75. The van der Waals surface area contributed by atoms with Crippen LogP contribution in [-0.2, 0) is 20.8 Å². The van der Waals surface area contributed by atoms with Crippen LogP contribution in [0.2, 0.25) is 0 Å². The highest BCUT2D eigenvalue weighted by Gasteiger charge is 2.38. The SMILES string of the molecule is CCCCC(C(N)=O)C(CC(C)C)C(=O)NC1C(=O)N(CCc2ccccc2)c2ccccc2-c2ccccc21. The van der Waals surface area contributed by atoms with Crippen LogP contribution in [0.15, 0.2) is 78.9 Å². The van der Waals surface area contributed by atoms with Gasteiger partial charge in [-0.05, 0) is 47.9 Å². The molecule has 6 nitrogen and oxygen atoms in total. The molecule has 3 N–H and O–H groups in total. The van der Waals surface area contributed by atoms with Crippen molar-refractivity contribution < 1.29 is 14.4 Å². The first-order valence-electron chi connectivity index (χ1n) is 14.4. The summed E-state index contributed by atoms with van der Waals surface area (Å²) in [5, 5.41) is 3.11. The minimum absolute atomic E-state index is 0.183. The third-order valence-electron chi connectivity index (χ3n) is 7.81. The first-order chi connectivity index (χ1) is 19.3. The number of nitrogens with two attached hydrogens (primary N) is 1. The maximum absolute atomic E-state index is 14.4. The lowest BCUT2D eigenvalue weighted by Gasteiger charge is -2.30. The molecule has 0 saturated heterocycles. The molecule has 0 aromatic heterocycles. The molecule has 0 radical (unpaired) electrons. The van der Waals surface area contributed by atoms with E-state index in [0.717, 1.165) is 40.8 Å². The van der Waals surface area contributed by atoms with E-state index in [0.29, 0.717) is 25.8 Å². The Morgan fingerprint density at radius 3 is 2.23 bits per heavy atom. The van der Waals surface area contributed by atoms with Crippen molar-refractivity contribution in [1.29, 1.82) is 0 Å². The number of anilines is 1. The highest BCUT2D eigenvalue weighted by molar-refractivity contribution is 6.06. The maximum Gasteiger partial charge on any atom is 0.254 e. The van der Waals surface area contributed by atoms with Gasteiger partial charge in [0, 0.05) is 23.9 Å². The van der Waals surface area contributed by atoms with Gasteiger partial charge in [-0.2, -0.15) is 0 Å². The van der Waals surface area contributed by atoms with Crippen molar-refractivity contribution in [1.82, 2.24) is 5.32 Å². The smallest absolute Gasteiger partial charge is 0.254 e. The normalized spacial score (nSPS) is 16.1. The van der Waals surface area contributed by atoms with Crippen molar-refractivity contribution in [3.05, 3.63) is 90.0 Å². The Bertz CT molecular complexity index is 1320. The molecular formula is C34H41N3O3. The topological polar surface area (TPSA) is 92.5 Å². The quantitative estimate of drug-likeness (QED) is 0.293. The van der Waals surface area contributed by atoms with E-state index in [9.17, 15) is 14.4 Å². The summed E-state index contributed by atoms with van der Waals surface area (Å²) in [5.41, 5.74) is 10.4. The Balaban J connectivity index is 1.73. The molecule has 3 aromatic rings. The van der Waals surface area contributed by atoms with Gasteiger partial charge in [0.05, 0.1) is 5.69 Å². The van der Waals surface area contributed by atoms with Crippen molar-refractivity contribution in [2.45, 2.75) is 58.9 Å². The predicted molar refractivity (Wildman–Crippen MR) is 160 cm³/mol. The molecule has 0 spiro atoms. The highest BCUT2D eigenvalue weighted by Crippen LogP contribution is 2.40. The molecular weight excluding hydrogens is 498 g/mol. The number of unbranched alkanes of at least 4 members (excludes halogenated alkanes) is 1. The first-order valence-corrected chi connectivity index (χ1v) is 14.4. The van der Waals surface area contributed by atoms with Gasteiger partial charge in [-0.1, -0.05) is 106 Å². The molecule has 40 heavy (non-hydrogen) atoms. The molecule has 3 aromatic carbocycles. The molecule has 3 atom stereocenters. The highest BCUT2D eigenvalue weighted by atomic mass is 16.2. The summed E-state index contributed by atoms with van der Waals surface area (Å²) in [6.45, 7) is 6.59. The average Bonchev–Trinajstić information content (AvgIpc) is 3.04. The van der Waals surface area contributed by atoms with E-state index < -0.39 is 23.8 Å². The van der Waals surface area contributed by atoms with Gasteiger partial charge < -0.3 is 16.0 Å². The zero-order valence-electron chi connectivity index (χ0n) is 23.8. The van der Waals surface area contributed by atoms with Crippen molar-refractivity contribution in [2.24, 2.45) is 23.5 Å². The van der Waals surface area contributed by atoms with Crippen molar-refractivity contribution in [2.75, 3.05) is 11.4 Å². The second kappa shape index (κ2) is 13.4. The fraction of sp³-hybridized carbons (Fsp3) is 0.382. The van der Waals surface area contributed by atoms with Gasteiger partial charge >= 0.3 is 0 Å². The van der Waals surface area contributed by atoms with E-state index in [1.165, 1.54) is 0 Å². The van der Waals surface area contributed by atoms with Crippen LogP contribution in [-0.4, -0.2) is 24.3 Å². The summed E-state index contributed by atoms with van der Waals surface area (Å²) in [5.74, 6) is -1.94. The molecule has 0 aliphatic carbocycles. The van der Waals surface area contributed by atoms with Crippen molar-refractivity contribution in [3.8, 4) is 11.1 Å². The number of fused-ring (bicyclic) bond motifs is 3. The lowest BCUT2D eigenvalue weighted by Crippen LogP contribution is -2.47. The zero-order valence-corrected chi connectivity index (χ0v) is 23.8. The number of carbonyl (C=O) groups excluding carboxylic acids is 3. The van der Waals surface area contributed by atoms with Crippen molar-refractivity contribution >= 4 is 23.4 Å². The van der Waals surface area contributed by atoms with Crippen LogP contribution in [0.3, 0.4) is 0 Å².